The Morgan fingerprint density at radius 3 is 2.46 bits per heavy atom. The van der Waals surface area contributed by atoms with Crippen LogP contribution in [0.1, 0.15) is 30.9 Å². The lowest BCUT2D eigenvalue weighted by atomic mass is 10.1. The van der Waals surface area contributed by atoms with Crippen LogP contribution in [0.25, 0.3) is 0 Å². The number of carbonyl (C=O) groups excluding carboxylic acids is 1. The van der Waals surface area contributed by atoms with Crippen LogP contribution >= 0.6 is 0 Å². The molecule has 4 nitrogen and oxygen atoms in total. The predicted molar refractivity (Wildman–Crippen MR) is 95.2 cm³/mol. The summed E-state index contributed by atoms with van der Waals surface area (Å²) in [6.07, 6.45) is 5.23. The van der Waals surface area contributed by atoms with Gasteiger partial charge in [0, 0.05) is 51.0 Å². The Morgan fingerprint density at radius 1 is 1.04 bits per heavy atom. The average molecular weight is 323 g/mol. The van der Waals surface area contributed by atoms with Gasteiger partial charge < -0.3 is 4.90 Å². The molecule has 0 unspecified atom stereocenters. The molecule has 2 heterocycles. The van der Waals surface area contributed by atoms with Crippen molar-refractivity contribution in [3.8, 4) is 0 Å². The lowest BCUT2D eigenvalue weighted by molar-refractivity contribution is -0.133. The molecule has 0 N–H and O–H groups in total. The smallest absolute Gasteiger partial charge is 0.224 e. The quantitative estimate of drug-likeness (QED) is 0.848. The second-order valence-corrected chi connectivity index (χ2v) is 6.41. The molecule has 2 aromatic rings. The maximum atomic E-state index is 12.7. The van der Waals surface area contributed by atoms with Gasteiger partial charge in [0.15, 0.2) is 0 Å². The zero-order valence-corrected chi connectivity index (χ0v) is 14.3. The standard InChI is InChI=1S/C20H25N3O/c1-2-19-16-22(14-18-8-11-21-12-9-18)13-10-20(24)23(19)15-17-6-4-3-5-7-17/h3-9,11-12,19H,2,10,13-16H2,1H3/t19-/m1/s1. The number of rotatable bonds is 5. The van der Waals surface area contributed by atoms with Gasteiger partial charge in [0.05, 0.1) is 0 Å². The van der Waals surface area contributed by atoms with E-state index in [1.165, 1.54) is 11.1 Å². The Bertz CT molecular complexity index is 644. The van der Waals surface area contributed by atoms with Gasteiger partial charge in [0.25, 0.3) is 0 Å². The van der Waals surface area contributed by atoms with Crippen molar-refractivity contribution in [1.82, 2.24) is 14.8 Å². The Labute approximate surface area is 144 Å². The number of hydrogen-bond donors (Lipinski definition) is 0. The maximum Gasteiger partial charge on any atom is 0.224 e. The van der Waals surface area contributed by atoms with Gasteiger partial charge in [-0.2, -0.15) is 0 Å². The van der Waals surface area contributed by atoms with Crippen molar-refractivity contribution < 1.29 is 4.79 Å². The fourth-order valence-corrected chi connectivity index (χ4v) is 3.33. The molecule has 0 bridgehead atoms. The Hall–Kier alpha value is -2.20. The first-order valence-corrected chi connectivity index (χ1v) is 8.71. The fourth-order valence-electron chi connectivity index (χ4n) is 3.33. The molecule has 126 valence electrons. The third-order valence-electron chi connectivity index (χ3n) is 4.69. The summed E-state index contributed by atoms with van der Waals surface area (Å²) in [7, 11) is 0. The van der Waals surface area contributed by atoms with Gasteiger partial charge >= 0.3 is 0 Å². The zero-order valence-electron chi connectivity index (χ0n) is 14.3. The Kier molecular flexibility index (Phi) is 5.59. The van der Waals surface area contributed by atoms with Crippen LogP contribution in [-0.4, -0.2) is 39.8 Å². The van der Waals surface area contributed by atoms with Crippen LogP contribution in [0.2, 0.25) is 0 Å². The highest BCUT2D eigenvalue weighted by molar-refractivity contribution is 5.77. The van der Waals surface area contributed by atoms with Gasteiger partial charge in [-0.25, -0.2) is 0 Å². The molecule has 1 saturated heterocycles. The number of pyridine rings is 1. The summed E-state index contributed by atoms with van der Waals surface area (Å²) >= 11 is 0. The molecular weight excluding hydrogens is 298 g/mol. The van der Waals surface area contributed by atoms with E-state index in [1.807, 2.05) is 30.6 Å². The first-order valence-electron chi connectivity index (χ1n) is 8.71. The molecular formula is C20H25N3O. The summed E-state index contributed by atoms with van der Waals surface area (Å²) in [5, 5.41) is 0. The lowest BCUT2D eigenvalue weighted by Crippen LogP contribution is -2.42. The van der Waals surface area contributed by atoms with Gasteiger partial charge in [-0.1, -0.05) is 37.3 Å². The van der Waals surface area contributed by atoms with Crippen molar-refractivity contribution in [2.24, 2.45) is 0 Å². The molecule has 1 aromatic heterocycles. The molecule has 1 aliphatic rings. The molecule has 3 rings (SSSR count). The fraction of sp³-hybridized carbons (Fsp3) is 0.400. The van der Waals surface area contributed by atoms with E-state index in [0.29, 0.717) is 13.0 Å². The van der Waals surface area contributed by atoms with Crippen LogP contribution < -0.4 is 0 Å². The third-order valence-corrected chi connectivity index (χ3v) is 4.69. The highest BCUT2D eigenvalue weighted by Gasteiger charge is 2.28. The van der Waals surface area contributed by atoms with Crippen LogP contribution in [0.4, 0.5) is 0 Å². The summed E-state index contributed by atoms with van der Waals surface area (Å²) in [5.41, 5.74) is 2.45. The van der Waals surface area contributed by atoms with Crippen LogP contribution in [0.15, 0.2) is 54.9 Å². The van der Waals surface area contributed by atoms with Crippen molar-refractivity contribution in [2.75, 3.05) is 13.1 Å². The van der Waals surface area contributed by atoms with Gasteiger partial charge in [-0.15, -0.1) is 0 Å². The minimum Gasteiger partial charge on any atom is -0.334 e. The van der Waals surface area contributed by atoms with Crippen molar-refractivity contribution in [1.29, 1.82) is 0 Å². The van der Waals surface area contributed by atoms with Gasteiger partial charge in [0.1, 0.15) is 0 Å². The van der Waals surface area contributed by atoms with E-state index < -0.39 is 0 Å². The van der Waals surface area contributed by atoms with Crippen LogP contribution in [0, 0.1) is 0 Å². The van der Waals surface area contributed by atoms with Crippen LogP contribution in [-0.2, 0) is 17.9 Å². The number of benzene rings is 1. The van der Waals surface area contributed by atoms with Crippen LogP contribution in [0.3, 0.4) is 0 Å². The molecule has 0 saturated carbocycles. The van der Waals surface area contributed by atoms with Crippen molar-refractivity contribution in [3.05, 3.63) is 66.0 Å². The highest BCUT2D eigenvalue weighted by atomic mass is 16.2. The summed E-state index contributed by atoms with van der Waals surface area (Å²) in [6, 6.07) is 14.6. The minimum absolute atomic E-state index is 0.266. The second kappa shape index (κ2) is 8.06. The Balaban J connectivity index is 1.71. The van der Waals surface area contributed by atoms with Gasteiger partial charge in [-0.05, 0) is 29.7 Å². The molecule has 0 aliphatic carbocycles. The molecule has 24 heavy (non-hydrogen) atoms. The first-order chi connectivity index (χ1) is 11.8. The summed E-state index contributed by atoms with van der Waals surface area (Å²) < 4.78 is 0. The van der Waals surface area contributed by atoms with Crippen molar-refractivity contribution in [3.63, 3.8) is 0 Å². The topological polar surface area (TPSA) is 36.4 Å². The van der Waals surface area contributed by atoms with Crippen molar-refractivity contribution in [2.45, 2.75) is 38.9 Å². The van der Waals surface area contributed by atoms with E-state index in [2.05, 4.69) is 46.0 Å². The van der Waals surface area contributed by atoms with E-state index in [1.54, 1.807) is 0 Å². The predicted octanol–water partition coefficient (Wildman–Crippen LogP) is 3.09. The monoisotopic (exact) mass is 323 g/mol. The van der Waals surface area contributed by atoms with Crippen LogP contribution in [0.5, 0.6) is 0 Å². The molecule has 1 fully saturated rings. The molecule has 0 radical (unpaired) electrons. The normalized spacial score (nSPS) is 19.3. The van der Waals surface area contributed by atoms with Gasteiger partial charge in [0.2, 0.25) is 5.91 Å². The number of amides is 1. The summed E-state index contributed by atoms with van der Waals surface area (Å²) in [6.45, 7) is 5.51. The highest BCUT2D eigenvalue weighted by Crippen LogP contribution is 2.19. The maximum absolute atomic E-state index is 12.7. The van der Waals surface area contributed by atoms with E-state index >= 15 is 0 Å². The molecule has 1 aliphatic heterocycles. The number of hydrogen-bond acceptors (Lipinski definition) is 3. The zero-order chi connectivity index (χ0) is 16.8. The molecule has 1 aromatic carbocycles. The molecule has 1 amide bonds. The average Bonchev–Trinajstić information content (AvgIpc) is 2.77. The molecule has 0 spiro atoms. The second-order valence-electron chi connectivity index (χ2n) is 6.41. The van der Waals surface area contributed by atoms with E-state index in [4.69, 9.17) is 0 Å². The summed E-state index contributed by atoms with van der Waals surface area (Å²) in [4.78, 5) is 21.2. The number of aromatic nitrogens is 1. The Morgan fingerprint density at radius 2 is 1.75 bits per heavy atom. The van der Waals surface area contributed by atoms with E-state index in [-0.39, 0.29) is 11.9 Å². The van der Waals surface area contributed by atoms with Crippen molar-refractivity contribution >= 4 is 5.91 Å². The van der Waals surface area contributed by atoms with E-state index in [0.717, 1.165) is 26.1 Å². The minimum atomic E-state index is 0.266. The third kappa shape index (κ3) is 4.20. The summed E-state index contributed by atoms with van der Waals surface area (Å²) in [5.74, 6) is 0.267. The lowest BCUT2D eigenvalue weighted by Gasteiger charge is -2.31. The molecule has 4 heteroatoms. The van der Waals surface area contributed by atoms with Gasteiger partial charge in [-0.3, -0.25) is 14.7 Å². The van der Waals surface area contributed by atoms with E-state index in [9.17, 15) is 4.79 Å². The largest absolute Gasteiger partial charge is 0.334 e. The molecule has 1 atom stereocenters. The SMILES string of the molecule is CC[C@@H]1CN(Cc2ccncc2)CCC(=O)N1Cc1ccccc1. The first kappa shape index (κ1) is 16.7. The number of nitrogens with zero attached hydrogens (tertiary/aromatic N) is 3. The number of carbonyl (C=O) groups is 1.